The van der Waals surface area contributed by atoms with Gasteiger partial charge in [-0.3, -0.25) is 4.79 Å². The Labute approximate surface area is 119 Å². The Balaban J connectivity index is 2.15. The Morgan fingerprint density at radius 1 is 1.00 bits per heavy atom. The van der Waals surface area contributed by atoms with Gasteiger partial charge in [0, 0.05) is 11.4 Å². The maximum atomic E-state index is 12.1. The quantitative estimate of drug-likeness (QED) is 0.813. The molecule has 0 unspecified atom stereocenters. The first kappa shape index (κ1) is 14.1. The second kappa shape index (κ2) is 5.37. The molecule has 1 amide bonds. The van der Waals surface area contributed by atoms with Crippen LogP contribution in [0.1, 0.15) is 36.7 Å². The van der Waals surface area contributed by atoms with Crippen LogP contribution >= 0.6 is 0 Å². The number of carbonyl (C=O) groups excluding carboxylic acids is 1. The van der Waals surface area contributed by atoms with Gasteiger partial charge in [-0.15, -0.1) is 0 Å². The fourth-order valence-corrected chi connectivity index (χ4v) is 1.96. The maximum absolute atomic E-state index is 12.1. The molecule has 3 heteroatoms. The summed E-state index contributed by atoms with van der Waals surface area (Å²) in [7, 11) is 0. The molecule has 0 spiro atoms. The van der Waals surface area contributed by atoms with Gasteiger partial charge in [0.2, 0.25) is 0 Å². The Hall–Kier alpha value is -2.29. The zero-order valence-corrected chi connectivity index (χ0v) is 12.1. The molecule has 0 aromatic heterocycles. The molecule has 20 heavy (non-hydrogen) atoms. The number of hydrogen-bond donors (Lipinski definition) is 2. The summed E-state index contributed by atoms with van der Waals surface area (Å²) in [5.74, 6) is -0.188. The Bertz CT molecular complexity index is 610. The summed E-state index contributed by atoms with van der Waals surface area (Å²) in [6.45, 7) is 6.47. The van der Waals surface area contributed by atoms with Crippen molar-refractivity contribution in [1.29, 1.82) is 0 Å². The number of anilines is 2. The predicted molar refractivity (Wildman–Crippen MR) is 83.9 cm³/mol. The summed E-state index contributed by atoms with van der Waals surface area (Å²) >= 11 is 0. The zero-order valence-electron chi connectivity index (χ0n) is 12.1. The highest BCUT2D eigenvalue weighted by molar-refractivity contribution is 6.07. The van der Waals surface area contributed by atoms with Crippen molar-refractivity contribution in [1.82, 2.24) is 0 Å². The van der Waals surface area contributed by atoms with Crippen molar-refractivity contribution < 1.29 is 4.79 Å². The summed E-state index contributed by atoms with van der Waals surface area (Å²) in [5, 5.41) is 2.86. The normalized spacial score (nSPS) is 11.2. The molecule has 104 valence electrons. The summed E-state index contributed by atoms with van der Waals surface area (Å²) in [4.78, 5) is 12.1. The van der Waals surface area contributed by atoms with E-state index in [0.29, 0.717) is 11.3 Å². The highest BCUT2D eigenvalue weighted by atomic mass is 16.1. The van der Waals surface area contributed by atoms with E-state index in [2.05, 4.69) is 26.1 Å². The fourth-order valence-electron chi connectivity index (χ4n) is 1.96. The van der Waals surface area contributed by atoms with Gasteiger partial charge >= 0.3 is 0 Å². The molecular weight excluding hydrogens is 248 g/mol. The fraction of sp³-hybridized carbons (Fsp3) is 0.235. The number of nitrogens with one attached hydrogen (secondary N) is 1. The SMILES string of the molecule is CC(C)(C)c1ccc(NC(=O)c2ccccc2N)cc1. The van der Waals surface area contributed by atoms with Crippen LogP contribution in [0.5, 0.6) is 0 Å². The molecule has 0 atom stereocenters. The molecule has 0 fully saturated rings. The number of nitrogen functional groups attached to an aromatic ring is 1. The molecule has 0 bridgehead atoms. The first-order valence-electron chi connectivity index (χ1n) is 6.64. The van der Waals surface area contributed by atoms with Crippen molar-refractivity contribution in [3.05, 3.63) is 59.7 Å². The number of benzene rings is 2. The average molecular weight is 268 g/mol. The molecule has 0 aliphatic rings. The second-order valence-electron chi connectivity index (χ2n) is 5.87. The van der Waals surface area contributed by atoms with Gasteiger partial charge < -0.3 is 11.1 Å². The number of para-hydroxylation sites is 1. The molecule has 2 rings (SSSR count). The van der Waals surface area contributed by atoms with Gasteiger partial charge in [-0.25, -0.2) is 0 Å². The van der Waals surface area contributed by atoms with E-state index in [9.17, 15) is 4.79 Å². The predicted octanol–water partition coefficient (Wildman–Crippen LogP) is 3.82. The number of hydrogen-bond acceptors (Lipinski definition) is 2. The van der Waals surface area contributed by atoms with Crippen LogP contribution in [0.2, 0.25) is 0 Å². The van der Waals surface area contributed by atoms with Gasteiger partial charge in [-0.1, -0.05) is 45.0 Å². The van der Waals surface area contributed by atoms with Crippen LogP contribution in [-0.4, -0.2) is 5.91 Å². The molecule has 2 aromatic carbocycles. The van der Waals surface area contributed by atoms with E-state index >= 15 is 0 Å². The van der Waals surface area contributed by atoms with Crippen molar-refractivity contribution in [3.8, 4) is 0 Å². The third-order valence-electron chi connectivity index (χ3n) is 3.21. The van der Waals surface area contributed by atoms with Crippen molar-refractivity contribution in [2.45, 2.75) is 26.2 Å². The zero-order chi connectivity index (χ0) is 14.8. The summed E-state index contributed by atoms with van der Waals surface area (Å²) in [6.07, 6.45) is 0. The molecule has 0 radical (unpaired) electrons. The lowest BCUT2D eigenvalue weighted by atomic mass is 9.87. The maximum Gasteiger partial charge on any atom is 0.257 e. The Morgan fingerprint density at radius 2 is 1.60 bits per heavy atom. The Kier molecular flexibility index (Phi) is 3.79. The largest absolute Gasteiger partial charge is 0.398 e. The van der Waals surface area contributed by atoms with Crippen LogP contribution < -0.4 is 11.1 Å². The molecule has 0 saturated heterocycles. The molecular formula is C17H20N2O. The lowest BCUT2D eigenvalue weighted by Crippen LogP contribution is -2.14. The molecule has 0 heterocycles. The van der Waals surface area contributed by atoms with Crippen LogP contribution in [0.4, 0.5) is 11.4 Å². The topological polar surface area (TPSA) is 55.1 Å². The monoisotopic (exact) mass is 268 g/mol. The van der Waals surface area contributed by atoms with Crippen molar-refractivity contribution in [2.24, 2.45) is 0 Å². The smallest absolute Gasteiger partial charge is 0.257 e. The van der Waals surface area contributed by atoms with Crippen LogP contribution in [0.3, 0.4) is 0 Å². The molecule has 2 aromatic rings. The van der Waals surface area contributed by atoms with Crippen LogP contribution in [-0.2, 0) is 5.41 Å². The molecule has 0 saturated carbocycles. The van der Waals surface area contributed by atoms with Gasteiger partial charge in [-0.2, -0.15) is 0 Å². The minimum Gasteiger partial charge on any atom is -0.398 e. The third-order valence-corrected chi connectivity index (χ3v) is 3.21. The number of rotatable bonds is 2. The van der Waals surface area contributed by atoms with Gasteiger partial charge in [0.1, 0.15) is 0 Å². The first-order chi connectivity index (χ1) is 9.38. The van der Waals surface area contributed by atoms with Crippen molar-refractivity contribution in [3.63, 3.8) is 0 Å². The third kappa shape index (κ3) is 3.18. The summed E-state index contributed by atoms with van der Waals surface area (Å²) < 4.78 is 0. The van der Waals surface area contributed by atoms with Crippen LogP contribution in [0.15, 0.2) is 48.5 Å². The van der Waals surface area contributed by atoms with E-state index in [0.717, 1.165) is 5.69 Å². The van der Waals surface area contributed by atoms with E-state index in [1.165, 1.54) is 5.56 Å². The molecule has 3 nitrogen and oxygen atoms in total. The van der Waals surface area contributed by atoms with Crippen molar-refractivity contribution >= 4 is 17.3 Å². The molecule has 0 aliphatic heterocycles. The minimum atomic E-state index is -0.188. The van der Waals surface area contributed by atoms with Crippen molar-refractivity contribution in [2.75, 3.05) is 11.1 Å². The van der Waals surface area contributed by atoms with E-state index in [-0.39, 0.29) is 11.3 Å². The second-order valence-corrected chi connectivity index (χ2v) is 5.87. The van der Waals surface area contributed by atoms with Gasteiger partial charge in [0.15, 0.2) is 0 Å². The first-order valence-corrected chi connectivity index (χ1v) is 6.64. The standard InChI is InChI=1S/C17H20N2O/c1-17(2,3)12-8-10-13(11-9-12)19-16(20)14-6-4-5-7-15(14)18/h4-11H,18H2,1-3H3,(H,19,20). The number of nitrogens with two attached hydrogens (primary N) is 1. The van der Waals surface area contributed by atoms with E-state index < -0.39 is 0 Å². The highest BCUT2D eigenvalue weighted by Gasteiger charge is 2.14. The average Bonchev–Trinajstić information content (AvgIpc) is 2.38. The lowest BCUT2D eigenvalue weighted by Gasteiger charge is -2.19. The Morgan fingerprint density at radius 3 is 2.15 bits per heavy atom. The summed E-state index contributed by atoms with van der Waals surface area (Å²) in [5.41, 5.74) is 8.88. The highest BCUT2D eigenvalue weighted by Crippen LogP contribution is 2.23. The van der Waals surface area contributed by atoms with Crippen LogP contribution in [0.25, 0.3) is 0 Å². The van der Waals surface area contributed by atoms with Gasteiger partial charge in [0.05, 0.1) is 5.56 Å². The van der Waals surface area contributed by atoms with Gasteiger partial charge in [-0.05, 0) is 35.2 Å². The van der Waals surface area contributed by atoms with Gasteiger partial charge in [0.25, 0.3) is 5.91 Å². The lowest BCUT2D eigenvalue weighted by molar-refractivity contribution is 0.102. The number of amides is 1. The minimum absolute atomic E-state index is 0.104. The summed E-state index contributed by atoms with van der Waals surface area (Å²) in [6, 6.07) is 14.9. The van der Waals surface area contributed by atoms with E-state index in [4.69, 9.17) is 5.73 Å². The molecule has 3 N–H and O–H groups in total. The van der Waals surface area contributed by atoms with E-state index in [1.807, 2.05) is 30.3 Å². The van der Waals surface area contributed by atoms with Crippen LogP contribution in [0, 0.1) is 0 Å². The van der Waals surface area contributed by atoms with E-state index in [1.54, 1.807) is 18.2 Å². The molecule has 0 aliphatic carbocycles. The number of carbonyl (C=O) groups is 1.